The van der Waals surface area contributed by atoms with E-state index in [9.17, 15) is 4.79 Å². The molecule has 25 heavy (non-hydrogen) atoms. The van der Waals surface area contributed by atoms with Crippen LogP contribution in [0.15, 0.2) is 24.3 Å². The van der Waals surface area contributed by atoms with Crippen molar-refractivity contribution in [3.63, 3.8) is 0 Å². The molecule has 2 heterocycles. The molecule has 132 valence electrons. The van der Waals surface area contributed by atoms with Crippen LogP contribution in [0.4, 0.5) is 11.6 Å². The zero-order chi connectivity index (χ0) is 17.8. The van der Waals surface area contributed by atoms with Gasteiger partial charge < -0.3 is 15.0 Å². The third-order valence-electron chi connectivity index (χ3n) is 4.13. The van der Waals surface area contributed by atoms with Crippen LogP contribution in [0.1, 0.15) is 17.0 Å². The molecule has 7 heteroatoms. The fraction of sp³-hybridized carbons (Fsp3) is 0.389. The third-order valence-corrected chi connectivity index (χ3v) is 4.49. The summed E-state index contributed by atoms with van der Waals surface area (Å²) in [4.78, 5) is 23.6. The van der Waals surface area contributed by atoms with Crippen LogP contribution in [0, 0.1) is 13.8 Å². The molecule has 1 N–H and O–H groups in total. The summed E-state index contributed by atoms with van der Waals surface area (Å²) in [6.45, 7) is 6.66. The minimum atomic E-state index is -0.137. The lowest BCUT2D eigenvalue weighted by molar-refractivity contribution is -0.115. The molecule has 1 amide bonds. The average Bonchev–Trinajstić information content (AvgIpc) is 2.61. The van der Waals surface area contributed by atoms with Crippen LogP contribution in [0.3, 0.4) is 0 Å². The van der Waals surface area contributed by atoms with Crippen molar-refractivity contribution in [1.82, 2.24) is 9.97 Å². The quantitative estimate of drug-likeness (QED) is 0.908. The Labute approximate surface area is 152 Å². The number of aryl methyl sites for hydroxylation is 2. The second-order valence-electron chi connectivity index (χ2n) is 5.99. The maximum atomic E-state index is 12.4. The molecule has 3 rings (SSSR count). The minimum Gasteiger partial charge on any atom is -0.378 e. The van der Waals surface area contributed by atoms with Gasteiger partial charge >= 0.3 is 0 Å². The van der Waals surface area contributed by atoms with Crippen molar-refractivity contribution < 1.29 is 9.53 Å². The summed E-state index contributed by atoms with van der Waals surface area (Å²) >= 11 is 6.12. The zero-order valence-corrected chi connectivity index (χ0v) is 15.1. The van der Waals surface area contributed by atoms with E-state index >= 15 is 0 Å². The topological polar surface area (TPSA) is 67.3 Å². The number of carbonyl (C=O) groups is 1. The van der Waals surface area contributed by atoms with Crippen LogP contribution < -0.4 is 10.2 Å². The first kappa shape index (κ1) is 17.6. The smallest absolute Gasteiger partial charge is 0.228 e. The molecule has 0 bridgehead atoms. The molecule has 0 saturated carbocycles. The number of nitrogens with one attached hydrogen (secondary N) is 1. The molecule has 0 atom stereocenters. The third kappa shape index (κ3) is 4.27. The second-order valence-corrected chi connectivity index (χ2v) is 6.39. The number of hydrogen-bond acceptors (Lipinski definition) is 5. The van der Waals surface area contributed by atoms with E-state index in [1.54, 1.807) is 6.07 Å². The molecule has 1 aliphatic heterocycles. The molecule has 6 nitrogen and oxygen atoms in total. The molecular formula is C18H21ClN4O2. The van der Waals surface area contributed by atoms with Crippen LogP contribution in [0.2, 0.25) is 5.02 Å². The Morgan fingerprint density at radius 2 is 1.84 bits per heavy atom. The monoisotopic (exact) mass is 360 g/mol. The number of aromatic nitrogens is 2. The van der Waals surface area contributed by atoms with E-state index in [1.165, 1.54) is 0 Å². The van der Waals surface area contributed by atoms with Crippen molar-refractivity contribution in [3.8, 4) is 0 Å². The van der Waals surface area contributed by atoms with E-state index in [0.29, 0.717) is 29.9 Å². The number of rotatable bonds is 4. The van der Waals surface area contributed by atoms with Gasteiger partial charge in [-0.1, -0.05) is 29.8 Å². The highest BCUT2D eigenvalue weighted by molar-refractivity contribution is 6.31. The van der Waals surface area contributed by atoms with E-state index in [1.807, 2.05) is 32.0 Å². The minimum absolute atomic E-state index is 0.137. The maximum Gasteiger partial charge on any atom is 0.228 e. The van der Waals surface area contributed by atoms with Gasteiger partial charge in [-0.3, -0.25) is 4.79 Å². The van der Waals surface area contributed by atoms with E-state index in [0.717, 1.165) is 30.0 Å². The number of nitrogens with zero attached hydrogens (tertiary/aromatic N) is 3. The highest BCUT2D eigenvalue weighted by Crippen LogP contribution is 2.22. The largest absolute Gasteiger partial charge is 0.378 e. The molecule has 0 radical (unpaired) electrons. The Hall–Kier alpha value is -2.18. The number of benzene rings is 1. The second kappa shape index (κ2) is 7.80. The lowest BCUT2D eigenvalue weighted by atomic mass is 10.1. The molecule has 0 spiro atoms. The Kier molecular flexibility index (Phi) is 5.50. The average molecular weight is 361 g/mol. The molecule has 2 aromatic rings. The van der Waals surface area contributed by atoms with E-state index in [-0.39, 0.29) is 12.3 Å². The maximum absolute atomic E-state index is 12.4. The predicted molar refractivity (Wildman–Crippen MR) is 98.3 cm³/mol. The van der Waals surface area contributed by atoms with E-state index in [4.69, 9.17) is 16.3 Å². The first-order valence-electron chi connectivity index (χ1n) is 8.26. The van der Waals surface area contributed by atoms with Gasteiger partial charge in [0.25, 0.3) is 0 Å². The molecular weight excluding hydrogens is 340 g/mol. The van der Waals surface area contributed by atoms with Crippen LogP contribution >= 0.6 is 11.6 Å². The highest BCUT2D eigenvalue weighted by Gasteiger charge is 2.18. The molecule has 1 fully saturated rings. The molecule has 1 saturated heterocycles. The summed E-state index contributed by atoms with van der Waals surface area (Å²) in [6, 6.07) is 7.34. The van der Waals surface area contributed by atoms with Gasteiger partial charge in [-0.05, 0) is 25.5 Å². The number of hydrogen-bond donors (Lipinski definition) is 1. The van der Waals surface area contributed by atoms with Gasteiger partial charge in [0.05, 0.1) is 36.7 Å². The lowest BCUT2D eigenvalue weighted by Gasteiger charge is -2.27. The lowest BCUT2D eigenvalue weighted by Crippen LogP contribution is -2.37. The summed E-state index contributed by atoms with van der Waals surface area (Å²) in [6.07, 6.45) is 0.212. The first-order chi connectivity index (χ1) is 12.0. The van der Waals surface area contributed by atoms with Gasteiger partial charge in [-0.25, -0.2) is 9.97 Å². The van der Waals surface area contributed by atoms with Gasteiger partial charge in [-0.15, -0.1) is 0 Å². The number of amides is 1. The fourth-order valence-electron chi connectivity index (χ4n) is 2.78. The zero-order valence-electron chi connectivity index (χ0n) is 14.4. The van der Waals surface area contributed by atoms with Gasteiger partial charge in [0.2, 0.25) is 11.9 Å². The Morgan fingerprint density at radius 1 is 1.20 bits per heavy atom. The first-order valence-corrected chi connectivity index (χ1v) is 8.63. The van der Waals surface area contributed by atoms with E-state index < -0.39 is 0 Å². The number of anilines is 2. The van der Waals surface area contributed by atoms with Gasteiger partial charge in [0.15, 0.2) is 0 Å². The molecule has 1 aliphatic rings. The van der Waals surface area contributed by atoms with Crippen LogP contribution in [-0.4, -0.2) is 42.2 Å². The van der Waals surface area contributed by atoms with Crippen LogP contribution in [0.25, 0.3) is 0 Å². The Balaban J connectivity index is 1.74. The van der Waals surface area contributed by atoms with Crippen molar-refractivity contribution in [3.05, 3.63) is 46.2 Å². The normalized spacial score (nSPS) is 14.4. The van der Waals surface area contributed by atoms with Crippen molar-refractivity contribution in [2.24, 2.45) is 0 Å². The summed E-state index contributed by atoms with van der Waals surface area (Å²) in [5, 5.41) is 3.51. The summed E-state index contributed by atoms with van der Waals surface area (Å²) in [7, 11) is 0. The van der Waals surface area contributed by atoms with Gasteiger partial charge in [0.1, 0.15) is 0 Å². The van der Waals surface area contributed by atoms with Crippen molar-refractivity contribution in [2.45, 2.75) is 20.3 Å². The van der Waals surface area contributed by atoms with Crippen molar-refractivity contribution >= 4 is 29.1 Å². The molecule has 0 aliphatic carbocycles. The van der Waals surface area contributed by atoms with Crippen molar-refractivity contribution in [2.75, 3.05) is 36.5 Å². The summed E-state index contributed by atoms with van der Waals surface area (Å²) < 4.78 is 5.36. The summed E-state index contributed by atoms with van der Waals surface area (Å²) in [5.74, 6) is 0.546. The number of carbonyl (C=O) groups excluding carboxylic acids is 1. The van der Waals surface area contributed by atoms with Gasteiger partial charge in [0, 0.05) is 18.1 Å². The van der Waals surface area contributed by atoms with Crippen LogP contribution in [0.5, 0.6) is 0 Å². The molecule has 0 unspecified atom stereocenters. The Bertz CT molecular complexity index is 752. The molecule has 1 aromatic carbocycles. The van der Waals surface area contributed by atoms with Gasteiger partial charge in [-0.2, -0.15) is 0 Å². The number of ether oxygens (including phenoxy) is 1. The Morgan fingerprint density at radius 3 is 2.48 bits per heavy atom. The number of halogens is 1. The van der Waals surface area contributed by atoms with E-state index in [2.05, 4.69) is 20.2 Å². The predicted octanol–water partition coefficient (Wildman–Crippen LogP) is 2.76. The SMILES string of the molecule is Cc1nc(N2CCOCC2)nc(C)c1NC(=O)Cc1ccccc1Cl. The number of morpholine rings is 1. The standard InChI is InChI=1S/C18H21ClN4O2/c1-12-17(22-16(24)11-14-5-3-4-6-15(14)19)13(2)21-18(20-12)23-7-9-25-10-8-23/h3-6H,7-11H2,1-2H3,(H,22,24). The van der Waals surface area contributed by atoms with Crippen molar-refractivity contribution in [1.29, 1.82) is 0 Å². The fourth-order valence-corrected chi connectivity index (χ4v) is 2.99. The summed E-state index contributed by atoms with van der Waals surface area (Å²) in [5.41, 5.74) is 2.96. The highest BCUT2D eigenvalue weighted by atomic mass is 35.5. The molecule has 1 aromatic heterocycles. The van der Waals surface area contributed by atoms with Crippen LogP contribution in [-0.2, 0) is 16.0 Å².